The number of rotatable bonds is 0. The van der Waals surface area contributed by atoms with Crippen molar-refractivity contribution in [2.75, 3.05) is 0 Å². The first-order valence-electron chi connectivity index (χ1n) is 8.96. The van der Waals surface area contributed by atoms with Crippen LogP contribution in [0.15, 0.2) is 11.6 Å². The van der Waals surface area contributed by atoms with Crippen LogP contribution in [-0.2, 0) is 4.79 Å². The Balaban J connectivity index is 1.76. The topological polar surface area (TPSA) is 57.5 Å². The molecule has 4 aliphatic carbocycles. The van der Waals surface area contributed by atoms with Gasteiger partial charge in [-0.3, -0.25) is 4.79 Å². The maximum Gasteiger partial charge on any atom is 0.155 e. The monoisotopic (exact) mass is 304 g/mol. The summed E-state index contributed by atoms with van der Waals surface area (Å²) in [4.78, 5) is 11.8. The summed E-state index contributed by atoms with van der Waals surface area (Å²) in [5, 5.41) is 22.2. The Morgan fingerprint density at radius 3 is 2.59 bits per heavy atom. The van der Waals surface area contributed by atoms with Crippen molar-refractivity contribution in [2.45, 2.75) is 76.9 Å². The van der Waals surface area contributed by atoms with Crippen molar-refractivity contribution in [3.05, 3.63) is 11.6 Å². The zero-order chi connectivity index (χ0) is 15.8. The molecule has 0 amide bonds. The predicted octanol–water partition coefficient (Wildman–Crippen LogP) is 2.99. The molecule has 2 N–H and O–H groups in total. The molecule has 6 atom stereocenters. The van der Waals surface area contributed by atoms with Gasteiger partial charge in [0, 0.05) is 11.8 Å². The average molecular weight is 304 g/mol. The summed E-state index contributed by atoms with van der Waals surface area (Å²) in [6.07, 6.45) is 8.48. The van der Waals surface area contributed by atoms with Gasteiger partial charge in [-0.1, -0.05) is 19.4 Å². The third-order valence-corrected chi connectivity index (χ3v) is 8.10. The molecule has 22 heavy (non-hydrogen) atoms. The van der Waals surface area contributed by atoms with Gasteiger partial charge in [0.25, 0.3) is 0 Å². The van der Waals surface area contributed by atoms with Gasteiger partial charge in [0.1, 0.15) is 0 Å². The van der Waals surface area contributed by atoms with E-state index >= 15 is 0 Å². The summed E-state index contributed by atoms with van der Waals surface area (Å²) in [5.74, 6) is 0.933. The molecular formula is C19H28O3. The minimum atomic E-state index is -0.688. The van der Waals surface area contributed by atoms with E-state index in [2.05, 4.69) is 13.8 Å². The van der Waals surface area contributed by atoms with Gasteiger partial charge in [0.15, 0.2) is 5.78 Å². The van der Waals surface area contributed by atoms with Crippen LogP contribution < -0.4 is 0 Å². The Morgan fingerprint density at radius 1 is 1.05 bits per heavy atom. The summed E-state index contributed by atoms with van der Waals surface area (Å²) in [6.45, 7) is 4.42. The summed E-state index contributed by atoms with van der Waals surface area (Å²) in [6, 6.07) is 0. The minimum Gasteiger partial charge on any atom is -0.393 e. The fraction of sp³-hybridized carbons (Fsp3) is 0.842. The summed E-state index contributed by atoms with van der Waals surface area (Å²) < 4.78 is 0. The number of fused-ring (bicyclic) bond motifs is 5. The van der Waals surface area contributed by atoms with E-state index in [-0.39, 0.29) is 28.6 Å². The third kappa shape index (κ3) is 1.62. The SMILES string of the molecule is CC12CCC3(O)C(CCC4=CC(=O)CCC43C)C1CCC2O. The van der Waals surface area contributed by atoms with Crippen LogP contribution in [-0.4, -0.2) is 27.7 Å². The van der Waals surface area contributed by atoms with E-state index in [0.29, 0.717) is 12.3 Å². The lowest BCUT2D eigenvalue weighted by Gasteiger charge is -2.62. The minimum absolute atomic E-state index is 0.0149. The second kappa shape index (κ2) is 4.45. The Labute approximate surface area is 132 Å². The molecule has 0 spiro atoms. The molecule has 4 rings (SSSR count). The Kier molecular flexibility index (Phi) is 3.01. The second-order valence-electron chi connectivity index (χ2n) is 8.74. The number of carbonyl (C=O) groups is 1. The molecule has 0 aromatic heterocycles. The highest BCUT2D eigenvalue weighted by atomic mass is 16.3. The lowest BCUT2D eigenvalue weighted by Crippen LogP contribution is -2.63. The van der Waals surface area contributed by atoms with E-state index in [0.717, 1.165) is 44.9 Å². The van der Waals surface area contributed by atoms with Crippen LogP contribution in [0.4, 0.5) is 0 Å². The van der Waals surface area contributed by atoms with Crippen molar-refractivity contribution in [2.24, 2.45) is 22.7 Å². The molecule has 0 aromatic carbocycles. The van der Waals surface area contributed by atoms with Crippen molar-refractivity contribution >= 4 is 5.78 Å². The molecule has 0 aliphatic heterocycles. The quantitative estimate of drug-likeness (QED) is 0.723. The fourth-order valence-corrected chi connectivity index (χ4v) is 6.47. The second-order valence-corrected chi connectivity index (χ2v) is 8.74. The van der Waals surface area contributed by atoms with Crippen molar-refractivity contribution in [3.8, 4) is 0 Å². The van der Waals surface area contributed by atoms with Gasteiger partial charge in [-0.2, -0.15) is 0 Å². The highest BCUT2D eigenvalue weighted by Crippen LogP contribution is 2.66. The highest BCUT2D eigenvalue weighted by Gasteiger charge is 2.65. The van der Waals surface area contributed by atoms with E-state index < -0.39 is 5.60 Å². The third-order valence-electron chi connectivity index (χ3n) is 8.10. The maximum atomic E-state index is 11.8. The van der Waals surface area contributed by atoms with Gasteiger partial charge in [-0.05, 0) is 68.3 Å². The molecular weight excluding hydrogens is 276 g/mol. The molecule has 3 heteroatoms. The maximum absolute atomic E-state index is 11.8. The number of hydrogen-bond acceptors (Lipinski definition) is 3. The first-order chi connectivity index (χ1) is 10.3. The Hall–Kier alpha value is -0.670. The Bertz CT molecular complexity index is 553. The molecule has 122 valence electrons. The molecule has 0 aromatic rings. The summed E-state index contributed by atoms with van der Waals surface area (Å²) >= 11 is 0. The highest BCUT2D eigenvalue weighted by molar-refractivity contribution is 5.91. The molecule has 0 heterocycles. The summed E-state index contributed by atoms with van der Waals surface area (Å²) in [5.41, 5.74) is 0.244. The van der Waals surface area contributed by atoms with Crippen LogP contribution in [0.5, 0.6) is 0 Å². The van der Waals surface area contributed by atoms with E-state index in [4.69, 9.17) is 0 Å². The lowest BCUT2D eigenvalue weighted by molar-refractivity contribution is -0.196. The van der Waals surface area contributed by atoms with Crippen LogP contribution in [0.2, 0.25) is 0 Å². The van der Waals surface area contributed by atoms with Crippen molar-refractivity contribution in [1.29, 1.82) is 0 Å². The van der Waals surface area contributed by atoms with E-state index in [9.17, 15) is 15.0 Å². The molecule has 4 aliphatic rings. The van der Waals surface area contributed by atoms with E-state index in [1.807, 2.05) is 6.08 Å². The van der Waals surface area contributed by atoms with Crippen molar-refractivity contribution in [3.63, 3.8) is 0 Å². The first-order valence-corrected chi connectivity index (χ1v) is 8.96. The van der Waals surface area contributed by atoms with Gasteiger partial charge in [0.05, 0.1) is 11.7 Å². The Morgan fingerprint density at radius 2 is 1.82 bits per heavy atom. The van der Waals surface area contributed by atoms with E-state index in [1.165, 1.54) is 5.57 Å². The normalized spacial score (nSPS) is 54.3. The molecule has 3 nitrogen and oxygen atoms in total. The molecule has 3 saturated carbocycles. The smallest absolute Gasteiger partial charge is 0.155 e. The van der Waals surface area contributed by atoms with Gasteiger partial charge < -0.3 is 10.2 Å². The first kappa shape index (κ1) is 14.9. The molecule has 0 bridgehead atoms. The van der Waals surface area contributed by atoms with Crippen molar-refractivity contribution < 1.29 is 15.0 Å². The number of ketones is 1. The van der Waals surface area contributed by atoms with Gasteiger partial charge >= 0.3 is 0 Å². The number of carbonyl (C=O) groups excluding carboxylic acids is 1. The number of aliphatic hydroxyl groups excluding tert-OH is 1. The average Bonchev–Trinajstić information content (AvgIpc) is 2.77. The lowest BCUT2D eigenvalue weighted by atomic mass is 9.45. The molecule has 6 unspecified atom stereocenters. The molecule has 3 fully saturated rings. The standard InChI is InChI=1S/C19H28O3/c1-17-9-10-19(22)15(14(17)5-6-16(17)21)4-3-12-11-13(20)7-8-18(12,19)2/h11,14-16,21-22H,3-10H2,1-2H3. The van der Waals surface area contributed by atoms with Crippen LogP contribution in [0, 0.1) is 22.7 Å². The van der Waals surface area contributed by atoms with Gasteiger partial charge in [-0.15, -0.1) is 0 Å². The fourth-order valence-electron chi connectivity index (χ4n) is 6.47. The van der Waals surface area contributed by atoms with E-state index in [1.54, 1.807) is 0 Å². The predicted molar refractivity (Wildman–Crippen MR) is 84.2 cm³/mol. The van der Waals surface area contributed by atoms with Crippen LogP contribution >= 0.6 is 0 Å². The van der Waals surface area contributed by atoms with Crippen molar-refractivity contribution in [1.82, 2.24) is 0 Å². The van der Waals surface area contributed by atoms with Crippen LogP contribution in [0.3, 0.4) is 0 Å². The summed E-state index contributed by atoms with van der Waals surface area (Å²) in [7, 11) is 0. The number of hydrogen-bond donors (Lipinski definition) is 2. The number of aliphatic hydroxyl groups is 2. The molecule has 0 radical (unpaired) electrons. The van der Waals surface area contributed by atoms with Crippen LogP contribution in [0.25, 0.3) is 0 Å². The largest absolute Gasteiger partial charge is 0.393 e. The van der Waals surface area contributed by atoms with Gasteiger partial charge in [0.2, 0.25) is 0 Å². The van der Waals surface area contributed by atoms with Crippen LogP contribution in [0.1, 0.15) is 65.2 Å². The van der Waals surface area contributed by atoms with Gasteiger partial charge in [-0.25, -0.2) is 0 Å². The zero-order valence-corrected chi connectivity index (χ0v) is 13.8. The molecule has 0 saturated heterocycles. The zero-order valence-electron chi connectivity index (χ0n) is 13.8.